The van der Waals surface area contributed by atoms with Crippen LogP contribution in [0.4, 0.5) is 0 Å². The van der Waals surface area contributed by atoms with Crippen LogP contribution in [0.5, 0.6) is 0 Å². The molecule has 4 nitrogen and oxygen atoms in total. The molecular weight excluding hydrogens is 353 g/mol. The molecular formula is C22H38MgO4. The number of carboxylic acid groups (broad SMARTS) is 2. The molecule has 0 fully saturated rings. The first-order chi connectivity index (χ1) is 12.5. The Hall–Kier alpha value is -0.814. The largest absolute Gasteiger partial charge is 2.00 e. The zero-order chi connectivity index (χ0) is 19.9. The van der Waals surface area contributed by atoms with E-state index in [0.717, 1.165) is 51.4 Å². The van der Waals surface area contributed by atoms with Gasteiger partial charge in [0.15, 0.2) is 0 Å². The summed E-state index contributed by atoms with van der Waals surface area (Å²) in [5.74, 6) is -1.85. The van der Waals surface area contributed by atoms with E-state index >= 15 is 0 Å². The normalized spacial score (nSPS) is 9.48. The summed E-state index contributed by atoms with van der Waals surface area (Å²) in [6, 6.07) is 0. The number of unbranched alkanes of at least 4 members (excludes halogenated alkanes) is 12. The van der Waals surface area contributed by atoms with Crippen molar-refractivity contribution in [2.24, 2.45) is 0 Å². The molecule has 5 heteroatoms. The van der Waals surface area contributed by atoms with Gasteiger partial charge in [-0.3, -0.25) is 0 Å². The summed E-state index contributed by atoms with van der Waals surface area (Å²) in [7, 11) is 0. The number of aliphatic carboxylic acids is 2. The second-order valence-corrected chi connectivity index (χ2v) is 6.64. The Morgan fingerprint density at radius 3 is 1.07 bits per heavy atom. The molecule has 0 aromatic rings. The van der Waals surface area contributed by atoms with Crippen LogP contribution in [0.15, 0.2) is 25.3 Å². The first kappa shape index (κ1) is 30.9. The van der Waals surface area contributed by atoms with E-state index in [4.69, 9.17) is 0 Å². The van der Waals surface area contributed by atoms with Gasteiger partial charge in [0.2, 0.25) is 0 Å². The quantitative estimate of drug-likeness (QED) is 0.203. The van der Waals surface area contributed by atoms with Gasteiger partial charge in [0, 0.05) is 11.9 Å². The van der Waals surface area contributed by atoms with Crippen LogP contribution in [0.25, 0.3) is 0 Å². The maximum atomic E-state index is 10.1. The van der Waals surface area contributed by atoms with Crippen molar-refractivity contribution in [3.8, 4) is 0 Å². The van der Waals surface area contributed by atoms with Gasteiger partial charge in [-0.15, -0.1) is 13.2 Å². The van der Waals surface area contributed by atoms with Crippen LogP contribution in [0.1, 0.15) is 103 Å². The Morgan fingerprint density at radius 1 is 0.556 bits per heavy atom. The first-order valence-corrected chi connectivity index (χ1v) is 10.2. The molecule has 152 valence electrons. The van der Waals surface area contributed by atoms with Crippen molar-refractivity contribution >= 4 is 35.0 Å². The Morgan fingerprint density at radius 2 is 0.815 bits per heavy atom. The summed E-state index contributed by atoms with van der Waals surface area (Å²) in [5.41, 5.74) is 0. The number of carbonyl (C=O) groups is 2. The van der Waals surface area contributed by atoms with E-state index in [9.17, 15) is 19.8 Å². The fraction of sp³-hybridized carbons (Fsp3) is 0.727. The van der Waals surface area contributed by atoms with Crippen molar-refractivity contribution in [1.29, 1.82) is 0 Å². The molecule has 27 heavy (non-hydrogen) atoms. The second kappa shape index (κ2) is 27.4. The predicted octanol–water partition coefficient (Wildman–Crippen LogP) is 3.71. The fourth-order valence-corrected chi connectivity index (χ4v) is 2.53. The number of allylic oxidation sites excluding steroid dienone is 2. The van der Waals surface area contributed by atoms with Crippen LogP contribution < -0.4 is 10.2 Å². The first-order valence-electron chi connectivity index (χ1n) is 10.2. The Balaban J connectivity index is -0.000000411. The number of carbonyl (C=O) groups excluding carboxylic acids is 2. The van der Waals surface area contributed by atoms with E-state index in [1.54, 1.807) is 0 Å². The molecule has 0 saturated carbocycles. The van der Waals surface area contributed by atoms with Crippen molar-refractivity contribution in [3.05, 3.63) is 25.3 Å². The number of carboxylic acids is 2. The van der Waals surface area contributed by atoms with Gasteiger partial charge in [-0.25, -0.2) is 0 Å². The molecule has 0 bridgehead atoms. The second-order valence-electron chi connectivity index (χ2n) is 6.64. The van der Waals surface area contributed by atoms with E-state index in [2.05, 4.69) is 13.2 Å². The van der Waals surface area contributed by atoms with Gasteiger partial charge < -0.3 is 19.8 Å². The topological polar surface area (TPSA) is 80.3 Å². The summed E-state index contributed by atoms with van der Waals surface area (Å²) < 4.78 is 0. The maximum Gasteiger partial charge on any atom is 2.00 e. The minimum Gasteiger partial charge on any atom is -0.550 e. The average molecular weight is 391 g/mol. The molecule has 0 spiro atoms. The van der Waals surface area contributed by atoms with Crippen LogP contribution in [-0.4, -0.2) is 35.0 Å². The van der Waals surface area contributed by atoms with Gasteiger partial charge in [0.05, 0.1) is 0 Å². The standard InChI is InChI=1S/2C11H20O2.Mg/c2*1-2-3-4-5-6-7-8-9-10-11(12)13;/h2*2H,1,3-10H2,(H,12,13);/q;;+2/p-2. The average Bonchev–Trinajstić information content (AvgIpc) is 2.60. The summed E-state index contributed by atoms with van der Waals surface area (Å²) in [6.45, 7) is 7.31. The fourth-order valence-electron chi connectivity index (χ4n) is 2.53. The maximum absolute atomic E-state index is 10.1. The van der Waals surface area contributed by atoms with Crippen molar-refractivity contribution < 1.29 is 19.8 Å². The summed E-state index contributed by atoms with van der Waals surface area (Å²) in [6.07, 6.45) is 19.7. The monoisotopic (exact) mass is 390 g/mol. The zero-order valence-electron chi connectivity index (χ0n) is 17.2. The molecule has 0 amide bonds. The molecule has 0 saturated heterocycles. The predicted molar refractivity (Wildman–Crippen MR) is 110 cm³/mol. The molecule has 0 aliphatic carbocycles. The Labute approximate surface area is 182 Å². The van der Waals surface area contributed by atoms with Crippen molar-refractivity contribution in [2.75, 3.05) is 0 Å². The Kier molecular flexibility index (Phi) is 31.4. The summed E-state index contributed by atoms with van der Waals surface area (Å²) in [5, 5.41) is 20.1. The van der Waals surface area contributed by atoms with Crippen LogP contribution in [0.3, 0.4) is 0 Å². The van der Waals surface area contributed by atoms with E-state index in [1.807, 2.05) is 12.2 Å². The number of hydrogen-bond acceptors (Lipinski definition) is 4. The molecule has 0 atom stereocenters. The summed E-state index contributed by atoms with van der Waals surface area (Å²) >= 11 is 0. The zero-order valence-corrected chi connectivity index (χ0v) is 18.6. The minimum absolute atomic E-state index is 0. The van der Waals surface area contributed by atoms with Crippen LogP contribution in [0.2, 0.25) is 0 Å². The molecule has 0 heterocycles. The van der Waals surface area contributed by atoms with E-state index in [-0.39, 0.29) is 35.9 Å². The molecule has 0 aliphatic heterocycles. The smallest absolute Gasteiger partial charge is 0.550 e. The van der Waals surface area contributed by atoms with E-state index < -0.39 is 11.9 Å². The third kappa shape index (κ3) is 36.8. The van der Waals surface area contributed by atoms with Crippen LogP contribution >= 0.6 is 0 Å². The molecule has 0 unspecified atom stereocenters. The van der Waals surface area contributed by atoms with Gasteiger partial charge in [-0.05, 0) is 51.4 Å². The van der Waals surface area contributed by atoms with Crippen molar-refractivity contribution in [2.45, 2.75) is 103 Å². The number of rotatable bonds is 18. The van der Waals surface area contributed by atoms with Gasteiger partial charge >= 0.3 is 23.1 Å². The molecule has 0 aliphatic rings. The van der Waals surface area contributed by atoms with Gasteiger partial charge in [0.1, 0.15) is 0 Å². The van der Waals surface area contributed by atoms with Crippen LogP contribution in [0, 0.1) is 0 Å². The van der Waals surface area contributed by atoms with Gasteiger partial charge in [-0.2, -0.15) is 0 Å². The van der Waals surface area contributed by atoms with Gasteiger partial charge in [-0.1, -0.05) is 63.5 Å². The van der Waals surface area contributed by atoms with Crippen LogP contribution in [-0.2, 0) is 9.59 Å². The third-order valence-corrected chi connectivity index (χ3v) is 4.08. The Bertz CT molecular complexity index is 322. The molecule has 0 rings (SSSR count). The number of hydrogen-bond donors (Lipinski definition) is 0. The minimum atomic E-state index is -0.924. The third-order valence-electron chi connectivity index (χ3n) is 4.08. The molecule has 0 aromatic heterocycles. The molecule has 0 aromatic carbocycles. The molecule has 0 N–H and O–H groups in total. The van der Waals surface area contributed by atoms with E-state index in [0.29, 0.717) is 0 Å². The van der Waals surface area contributed by atoms with Crippen molar-refractivity contribution in [1.82, 2.24) is 0 Å². The van der Waals surface area contributed by atoms with E-state index in [1.165, 1.54) is 38.5 Å². The van der Waals surface area contributed by atoms with Gasteiger partial charge in [0.25, 0.3) is 0 Å². The SMILES string of the molecule is C=CCCCCCCCCC(=O)[O-].C=CCCCCCCCCC(=O)[O-].[Mg+2]. The van der Waals surface area contributed by atoms with Crippen molar-refractivity contribution in [3.63, 3.8) is 0 Å². The summed E-state index contributed by atoms with van der Waals surface area (Å²) in [4.78, 5) is 20.1. The molecule has 0 radical (unpaired) electrons.